The highest BCUT2D eigenvalue weighted by molar-refractivity contribution is 6.32. The first-order valence-electron chi connectivity index (χ1n) is 14.3. The van der Waals surface area contributed by atoms with Gasteiger partial charge >= 0.3 is 0 Å². The van der Waals surface area contributed by atoms with Crippen molar-refractivity contribution in [2.75, 3.05) is 25.0 Å². The Kier molecular flexibility index (Phi) is 7.50. The van der Waals surface area contributed by atoms with Crippen molar-refractivity contribution in [2.24, 2.45) is 0 Å². The van der Waals surface area contributed by atoms with Gasteiger partial charge in [0.1, 0.15) is 30.3 Å². The number of hydrogen-bond donors (Lipinski definition) is 1. The summed E-state index contributed by atoms with van der Waals surface area (Å²) in [6.45, 7) is 4.10. The molecule has 0 spiro atoms. The van der Waals surface area contributed by atoms with Crippen LogP contribution in [0.3, 0.4) is 0 Å². The van der Waals surface area contributed by atoms with Crippen LogP contribution in [-0.4, -0.2) is 51.3 Å². The van der Waals surface area contributed by atoms with Gasteiger partial charge in [0.05, 0.1) is 23.3 Å². The van der Waals surface area contributed by atoms with Gasteiger partial charge in [-0.1, -0.05) is 29.8 Å². The fourth-order valence-corrected chi connectivity index (χ4v) is 6.15. The first-order chi connectivity index (χ1) is 20.6. The Morgan fingerprint density at radius 1 is 1.05 bits per heavy atom. The predicted molar refractivity (Wildman–Crippen MR) is 163 cm³/mol. The van der Waals surface area contributed by atoms with Crippen molar-refractivity contribution in [1.82, 2.24) is 19.4 Å². The molecule has 7 nitrogen and oxygen atoms in total. The van der Waals surface area contributed by atoms with Crippen LogP contribution in [0.2, 0.25) is 5.02 Å². The van der Waals surface area contributed by atoms with Crippen molar-refractivity contribution < 1.29 is 13.9 Å². The van der Waals surface area contributed by atoms with E-state index in [1.807, 2.05) is 18.2 Å². The van der Waals surface area contributed by atoms with Gasteiger partial charge in [-0.2, -0.15) is 0 Å². The first kappa shape index (κ1) is 26.9. The van der Waals surface area contributed by atoms with Crippen LogP contribution in [0.5, 0.6) is 5.75 Å². The second-order valence-corrected chi connectivity index (χ2v) is 11.4. The Morgan fingerprint density at radius 3 is 2.90 bits per heavy atom. The van der Waals surface area contributed by atoms with Gasteiger partial charge < -0.3 is 19.4 Å². The van der Waals surface area contributed by atoms with Crippen LogP contribution >= 0.6 is 11.6 Å². The van der Waals surface area contributed by atoms with E-state index < -0.39 is 0 Å². The maximum Gasteiger partial charge on any atom is 0.141 e. The fourth-order valence-electron chi connectivity index (χ4n) is 5.91. The van der Waals surface area contributed by atoms with Gasteiger partial charge in [0.2, 0.25) is 0 Å². The van der Waals surface area contributed by atoms with Gasteiger partial charge in [0.15, 0.2) is 0 Å². The van der Waals surface area contributed by atoms with E-state index in [1.165, 1.54) is 31.5 Å². The maximum absolute atomic E-state index is 13.5. The second kappa shape index (κ2) is 11.7. The highest BCUT2D eigenvalue weighted by Crippen LogP contribution is 2.33. The minimum absolute atomic E-state index is 0.213. The largest absolute Gasteiger partial charge is 0.487 e. The monoisotopic (exact) mass is 583 g/mol. The highest BCUT2D eigenvalue weighted by Gasteiger charge is 2.32. The molecule has 2 fully saturated rings. The van der Waals surface area contributed by atoms with Crippen LogP contribution in [-0.2, 0) is 17.9 Å². The number of ether oxygens (including phenoxy) is 2. The number of hydrogen-bond acceptors (Lipinski definition) is 6. The quantitative estimate of drug-likeness (QED) is 0.211. The Labute approximate surface area is 248 Å². The minimum Gasteiger partial charge on any atom is -0.487 e. The molecular weight excluding hydrogens is 553 g/mol. The summed E-state index contributed by atoms with van der Waals surface area (Å²) >= 11 is 6.53. The minimum atomic E-state index is -0.297. The average Bonchev–Trinajstić information content (AvgIpc) is 3.66. The van der Waals surface area contributed by atoms with Gasteiger partial charge in [-0.3, -0.25) is 4.90 Å². The number of morpholine rings is 1. The van der Waals surface area contributed by atoms with E-state index in [0.29, 0.717) is 22.6 Å². The SMILES string of the molecule is Fc1cccc(COc2ccc(Nc3ncnc4ccc(-c5ccn(C[C@H]6CN7CCC[C@@H]7CO6)c5)cc34)cc2Cl)c1. The van der Waals surface area contributed by atoms with Crippen LogP contribution in [0.15, 0.2) is 85.5 Å². The molecule has 0 bridgehead atoms. The van der Waals surface area contributed by atoms with Crippen LogP contribution in [0.1, 0.15) is 18.4 Å². The molecule has 0 saturated carbocycles. The van der Waals surface area contributed by atoms with Crippen LogP contribution in [0.25, 0.3) is 22.0 Å². The van der Waals surface area contributed by atoms with Gasteiger partial charge in [-0.05, 0) is 84.6 Å². The lowest BCUT2D eigenvalue weighted by Gasteiger charge is -2.35. The molecule has 1 N–H and O–H groups in total. The number of fused-ring (bicyclic) bond motifs is 2. The third-order valence-corrected chi connectivity index (χ3v) is 8.37. The number of benzene rings is 3. The molecule has 2 saturated heterocycles. The molecule has 2 aliphatic rings. The van der Waals surface area contributed by atoms with E-state index in [1.54, 1.807) is 24.5 Å². The molecule has 5 aromatic rings. The predicted octanol–water partition coefficient (Wildman–Crippen LogP) is 7.08. The lowest BCUT2D eigenvalue weighted by Crippen LogP contribution is -2.47. The summed E-state index contributed by atoms with van der Waals surface area (Å²) in [7, 11) is 0. The number of aromatic nitrogens is 3. The number of anilines is 2. The summed E-state index contributed by atoms with van der Waals surface area (Å²) in [5, 5.41) is 4.73. The summed E-state index contributed by atoms with van der Waals surface area (Å²) in [5.41, 5.74) is 4.55. The molecule has 0 amide bonds. The Morgan fingerprint density at radius 2 is 2.00 bits per heavy atom. The molecule has 214 valence electrons. The third-order valence-electron chi connectivity index (χ3n) is 8.07. The molecule has 9 heteroatoms. The van der Waals surface area contributed by atoms with E-state index in [0.717, 1.165) is 53.0 Å². The van der Waals surface area contributed by atoms with Crippen molar-refractivity contribution in [2.45, 2.75) is 38.1 Å². The molecule has 0 unspecified atom stereocenters. The molecule has 7 rings (SSSR count). The summed E-state index contributed by atoms with van der Waals surface area (Å²) in [6, 6.07) is 20.7. The first-order valence-corrected chi connectivity index (χ1v) is 14.7. The zero-order valence-electron chi connectivity index (χ0n) is 23.0. The second-order valence-electron chi connectivity index (χ2n) is 11.0. The molecule has 2 atom stereocenters. The van der Waals surface area contributed by atoms with Gasteiger partial charge in [-0.15, -0.1) is 0 Å². The zero-order chi connectivity index (χ0) is 28.5. The number of nitrogens with one attached hydrogen (secondary N) is 1. The summed E-state index contributed by atoms with van der Waals surface area (Å²) < 4.78 is 27.7. The van der Waals surface area contributed by atoms with Crippen molar-refractivity contribution >= 4 is 34.0 Å². The van der Waals surface area contributed by atoms with E-state index in [4.69, 9.17) is 21.1 Å². The van der Waals surface area contributed by atoms with Crippen molar-refractivity contribution in [3.8, 4) is 16.9 Å². The topological polar surface area (TPSA) is 64.4 Å². The average molecular weight is 584 g/mol. The number of halogens is 2. The summed E-state index contributed by atoms with van der Waals surface area (Å²) in [4.78, 5) is 11.6. The Bertz CT molecular complexity index is 1730. The van der Waals surface area contributed by atoms with Gasteiger partial charge in [0.25, 0.3) is 0 Å². The summed E-state index contributed by atoms with van der Waals surface area (Å²) in [6.07, 6.45) is 8.60. The molecular formula is C33H31ClFN5O2. The molecule has 0 aliphatic carbocycles. The maximum atomic E-state index is 13.5. The normalized spacial score (nSPS) is 18.7. The van der Waals surface area contributed by atoms with E-state index in [9.17, 15) is 4.39 Å². The van der Waals surface area contributed by atoms with Gasteiger partial charge in [0, 0.05) is 42.6 Å². The fraction of sp³-hybridized carbons (Fsp3) is 0.273. The Hall–Kier alpha value is -3.98. The smallest absolute Gasteiger partial charge is 0.141 e. The molecule has 42 heavy (non-hydrogen) atoms. The Balaban J connectivity index is 1.06. The molecule has 2 aliphatic heterocycles. The van der Waals surface area contributed by atoms with Crippen molar-refractivity contribution in [3.05, 3.63) is 102 Å². The molecule has 4 heterocycles. The third kappa shape index (κ3) is 5.83. The highest BCUT2D eigenvalue weighted by atomic mass is 35.5. The lowest BCUT2D eigenvalue weighted by molar-refractivity contribution is -0.0551. The molecule has 0 radical (unpaired) electrons. The molecule has 3 aromatic carbocycles. The van der Waals surface area contributed by atoms with E-state index in [-0.39, 0.29) is 18.5 Å². The zero-order valence-corrected chi connectivity index (χ0v) is 23.8. The van der Waals surface area contributed by atoms with Gasteiger partial charge in [-0.25, -0.2) is 14.4 Å². The number of rotatable bonds is 8. The van der Waals surface area contributed by atoms with Crippen LogP contribution in [0, 0.1) is 5.82 Å². The van der Waals surface area contributed by atoms with E-state index >= 15 is 0 Å². The summed E-state index contributed by atoms with van der Waals surface area (Å²) in [5.74, 6) is 0.903. The van der Waals surface area contributed by atoms with Crippen LogP contribution < -0.4 is 10.1 Å². The standard InChI is InChI=1S/C33H31ClFN5O2/c34-30-15-26(7-9-32(30)42-19-22-3-1-4-25(35)13-22)38-33-29-14-23(6-8-31(29)36-21-37-33)24-10-12-39(16-24)17-28-18-40-11-2-5-27(40)20-41-28/h1,3-4,6-10,12-16,21,27-28H,2,5,11,17-20H2,(H,36,37,38)/t27-,28+/m1/s1. The molecule has 2 aromatic heterocycles. The van der Waals surface area contributed by atoms with Crippen molar-refractivity contribution in [3.63, 3.8) is 0 Å². The van der Waals surface area contributed by atoms with E-state index in [2.05, 4.69) is 55.3 Å². The van der Waals surface area contributed by atoms with Crippen molar-refractivity contribution in [1.29, 1.82) is 0 Å². The lowest BCUT2D eigenvalue weighted by atomic mass is 10.1. The number of nitrogens with zero attached hydrogens (tertiary/aromatic N) is 4. The van der Waals surface area contributed by atoms with Crippen LogP contribution in [0.4, 0.5) is 15.9 Å².